The number of allylic oxidation sites excluding steroid dienone is 1. The largest absolute Gasteiger partial charge is 0.483 e. The van der Waals surface area contributed by atoms with Gasteiger partial charge in [0, 0.05) is 0 Å². The predicted octanol–water partition coefficient (Wildman–Crippen LogP) is 2.84. The van der Waals surface area contributed by atoms with Crippen molar-refractivity contribution in [3.63, 3.8) is 0 Å². The van der Waals surface area contributed by atoms with Gasteiger partial charge in [-0.25, -0.2) is 9.98 Å². The van der Waals surface area contributed by atoms with E-state index in [2.05, 4.69) is 25.4 Å². The molecule has 0 aromatic heterocycles. The Balaban J connectivity index is 3.08. The van der Waals surface area contributed by atoms with E-state index in [4.69, 9.17) is 14.5 Å². The number of hydrogen-bond donors (Lipinski definition) is 0. The summed E-state index contributed by atoms with van der Waals surface area (Å²) in [6.45, 7) is 9.97. The second kappa shape index (κ2) is 6.03. The van der Waals surface area contributed by atoms with E-state index in [9.17, 15) is 0 Å². The molecule has 0 aliphatic carbocycles. The van der Waals surface area contributed by atoms with Crippen LogP contribution < -0.4 is 0 Å². The van der Waals surface area contributed by atoms with Gasteiger partial charge in [0.2, 0.25) is 11.8 Å². The van der Waals surface area contributed by atoms with E-state index in [0.29, 0.717) is 17.7 Å². The molecule has 1 heterocycles. The summed E-state index contributed by atoms with van der Waals surface area (Å²) in [5, 5.41) is 0. The minimum Gasteiger partial charge on any atom is -0.483 e. The highest BCUT2D eigenvalue weighted by atomic mass is 16.5. The second-order valence-corrected chi connectivity index (χ2v) is 5.08. The summed E-state index contributed by atoms with van der Waals surface area (Å²) in [6, 6.07) is -0.0539. The van der Waals surface area contributed by atoms with Crippen LogP contribution in [0, 0.1) is 5.92 Å². The van der Waals surface area contributed by atoms with Crippen LogP contribution in [0.2, 0.25) is 0 Å². The third-order valence-corrected chi connectivity index (χ3v) is 3.20. The predicted molar refractivity (Wildman–Crippen MR) is 75.4 cm³/mol. The summed E-state index contributed by atoms with van der Waals surface area (Å²) >= 11 is 0. The van der Waals surface area contributed by atoms with E-state index in [1.54, 1.807) is 14.2 Å². The lowest BCUT2D eigenvalue weighted by molar-refractivity contribution is 0.305. The molecule has 18 heavy (non-hydrogen) atoms. The third-order valence-electron chi connectivity index (χ3n) is 3.20. The summed E-state index contributed by atoms with van der Waals surface area (Å²) < 4.78 is 10.8. The lowest BCUT2D eigenvalue weighted by atomic mass is 9.92. The Morgan fingerprint density at radius 1 is 1.39 bits per heavy atom. The van der Waals surface area contributed by atoms with Gasteiger partial charge in [-0.05, 0) is 25.7 Å². The number of methoxy groups -OCH3 is 2. The van der Waals surface area contributed by atoms with Crippen LogP contribution in [0.15, 0.2) is 22.6 Å². The summed E-state index contributed by atoms with van der Waals surface area (Å²) in [7, 11) is 3.30. The number of nitrogens with zero attached hydrogens (tertiary/aromatic N) is 2. The van der Waals surface area contributed by atoms with E-state index in [-0.39, 0.29) is 6.04 Å². The Morgan fingerprint density at radius 3 is 2.50 bits per heavy atom. The Hall–Kier alpha value is -1.32. The zero-order valence-electron chi connectivity index (χ0n) is 12.1. The average Bonchev–Trinajstić information content (AvgIpc) is 2.35. The molecule has 1 unspecified atom stereocenters. The molecular formula is C14H24N2O2. The first kappa shape index (κ1) is 14.7. The highest BCUT2D eigenvalue weighted by Gasteiger charge is 2.39. The molecule has 4 nitrogen and oxygen atoms in total. The molecule has 1 aliphatic heterocycles. The van der Waals surface area contributed by atoms with Gasteiger partial charge in [-0.2, -0.15) is 0 Å². The molecule has 0 aromatic rings. The first-order valence-corrected chi connectivity index (χ1v) is 6.35. The van der Waals surface area contributed by atoms with Gasteiger partial charge in [0.25, 0.3) is 0 Å². The maximum absolute atomic E-state index is 5.43. The molecule has 0 fully saturated rings. The van der Waals surface area contributed by atoms with Crippen LogP contribution in [-0.2, 0) is 9.47 Å². The second-order valence-electron chi connectivity index (χ2n) is 5.08. The molecule has 0 saturated heterocycles. The van der Waals surface area contributed by atoms with Crippen LogP contribution in [0.4, 0.5) is 0 Å². The normalized spacial score (nSPS) is 27.6. The van der Waals surface area contributed by atoms with E-state index in [1.807, 2.05) is 13.0 Å². The maximum atomic E-state index is 5.43. The molecule has 0 N–H and O–H groups in total. The fourth-order valence-corrected chi connectivity index (χ4v) is 2.10. The molecular weight excluding hydrogens is 228 g/mol. The lowest BCUT2D eigenvalue weighted by Gasteiger charge is -2.33. The Kier molecular flexibility index (Phi) is 4.93. The van der Waals surface area contributed by atoms with Crippen molar-refractivity contribution >= 4 is 11.8 Å². The van der Waals surface area contributed by atoms with E-state index >= 15 is 0 Å². The van der Waals surface area contributed by atoms with Crippen molar-refractivity contribution in [3.8, 4) is 0 Å². The highest BCUT2D eigenvalue weighted by Crippen LogP contribution is 2.28. The van der Waals surface area contributed by atoms with Crippen LogP contribution in [0.1, 0.15) is 33.6 Å². The van der Waals surface area contributed by atoms with E-state index in [1.165, 1.54) is 0 Å². The summed E-state index contributed by atoms with van der Waals surface area (Å²) in [5.41, 5.74) is -0.445. The summed E-state index contributed by atoms with van der Waals surface area (Å²) in [6.07, 6.45) is 3.57. The average molecular weight is 252 g/mol. The fraction of sp³-hybridized carbons (Fsp3) is 0.714. The van der Waals surface area contributed by atoms with Crippen LogP contribution in [0.5, 0.6) is 0 Å². The van der Waals surface area contributed by atoms with Crippen molar-refractivity contribution in [3.05, 3.63) is 12.7 Å². The van der Waals surface area contributed by atoms with Crippen LogP contribution in [0.3, 0.4) is 0 Å². The van der Waals surface area contributed by atoms with Gasteiger partial charge < -0.3 is 9.47 Å². The van der Waals surface area contributed by atoms with Crippen molar-refractivity contribution in [1.29, 1.82) is 0 Å². The number of hydrogen-bond acceptors (Lipinski definition) is 4. The molecule has 0 bridgehead atoms. The minimum atomic E-state index is -0.445. The first-order chi connectivity index (χ1) is 8.48. The summed E-state index contributed by atoms with van der Waals surface area (Å²) in [4.78, 5) is 9.38. The van der Waals surface area contributed by atoms with Crippen molar-refractivity contribution in [1.82, 2.24) is 0 Å². The standard InChI is InChI=1S/C14H24N2O2/c1-7-8-9-14(4)13(18-6)15-11(10(2)3)12(16-14)17-5/h7,10-11H,1,8-9H2,2-6H3/t11?,14-/m1/s1. The summed E-state index contributed by atoms with van der Waals surface area (Å²) in [5.74, 6) is 1.71. The van der Waals surface area contributed by atoms with Crippen molar-refractivity contribution in [2.75, 3.05) is 14.2 Å². The van der Waals surface area contributed by atoms with E-state index < -0.39 is 5.54 Å². The van der Waals surface area contributed by atoms with E-state index in [0.717, 1.165) is 12.8 Å². The van der Waals surface area contributed by atoms with Gasteiger partial charge in [0.1, 0.15) is 11.6 Å². The Labute approximate surface area is 110 Å². The van der Waals surface area contributed by atoms with Gasteiger partial charge in [-0.1, -0.05) is 19.9 Å². The number of ether oxygens (including phenoxy) is 2. The van der Waals surface area contributed by atoms with Crippen LogP contribution >= 0.6 is 0 Å². The van der Waals surface area contributed by atoms with Crippen LogP contribution in [0.25, 0.3) is 0 Å². The number of rotatable bonds is 4. The van der Waals surface area contributed by atoms with Gasteiger partial charge in [0.05, 0.1) is 14.2 Å². The molecule has 1 rings (SSSR count). The smallest absolute Gasteiger partial charge is 0.212 e. The zero-order valence-corrected chi connectivity index (χ0v) is 12.1. The van der Waals surface area contributed by atoms with Gasteiger partial charge in [-0.3, -0.25) is 0 Å². The van der Waals surface area contributed by atoms with Gasteiger partial charge in [0.15, 0.2) is 0 Å². The molecule has 1 aliphatic rings. The molecule has 0 amide bonds. The SMILES string of the molecule is C=CCC[C@@]1(C)N=C(OC)C(C(C)C)N=C1OC. The molecule has 2 atom stereocenters. The quantitative estimate of drug-likeness (QED) is 0.722. The maximum Gasteiger partial charge on any atom is 0.212 e. The zero-order chi connectivity index (χ0) is 13.8. The molecule has 102 valence electrons. The lowest BCUT2D eigenvalue weighted by Crippen LogP contribution is -2.44. The van der Waals surface area contributed by atoms with Gasteiger partial charge in [-0.15, -0.1) is 6.58 Å². The van der Waals surface area contributed by atoms with Crippen LogP contribution in [-0.4, -0.2) is 37.6 Å². The molecule has 0 aromatic carbocycles. The van der Waals surface area contributed by atoms with Crippen molar-refractivity contribution in [2.45, 2.75) is 45.2 Å². The monoisotopic (exact) mass is 252 g/mol. The fourth-order valence-electron chi connectivity index (χ4n) is 2.10. The Bertz CT molecular complexity index is 361. The van der Waals surface area contributed by atoms with Crippen molar-refractivity contribution in [2.24, 2.45) is 15.9 Å². The topological polar surface area (TPSA) is 43.2 Å². The Morgan fingerprint density at radius 2 is 2.06 bits per heavy atom. The molecule has 0 saturated carbocycles. The first-order valence-electron chi connectivity index (χ1n) is 6.35. The molecule has 4 heteroatoms. The van der Waals surface area contributed by atoms with Gasteiger partial charge >= 0.3 is 0 Å². The van der Waals surface area contributed by atoms with Crippen molar-refractivity contribution < 1.29 is 9.47 Å². The third kappa shape index (κ3) is 2.92. The highest BCUT2D eigenvalue weighted by molar-refractivity contribution is 5.96. The molecule has 0 spiro atoms. The number of aliphatic imine (C=N–C) groups is 2. The minimum absolute atomic E-state index is 0.0539. The molecule has 0 radical (unpaired) electrons.